The van der Waals surface area contributed by atoms with E-state index in [2.05, 4.69) is 26.2 Å². The van der Waals surface area contributed by atoms with Gasteiger partial charge in [0, 0.05) is 27.1 Å². The van der Waals surface area contributed by atoms with Crippen molar-refractivity contribution in [2.24, 2.45) is 7.05 Å². The van der Waals surface area contributed by atoms with E-state index in [1.54, 1.807) is 13.4 Å². The Kier molecular flexibility index (Phi) is 3.77. The molecule has 1 saturated heterocycles. The maximum absolute atomic E-state index is 9.20. The van der Waals surface area contributed by atoms with Crippen LogP contribution in [0.4, 0.5) is 5.82 Å². The summed E-state index contributed by atoms with van der Waals surface area (Å²) >= 11 is 0. The molecule has 0 saturated carbocycles. The summed E-state index contributed by atoms with van der Waals surface area (Å²) in [5, 5.41) is 17.4. The molecule has 7 nitrogen and oxygen atoms in total. The summed E-state index contributed by atoms with van der Waals surface area (Å²) in [6.07, 6.45) is 2.62. The molecule has 0 aliphatic carbocycles. The number of rotatable bonds is 3. The molecule has 3 rings (SSSR count). The molecule has 1 aliphatic rings. The Hall–Kier alpha value is -2.46. The third kappa shape index (κ3) is 2.42. The minimum atomic E-state index is 0.0409. The molecule has 1 fully saturated rings. The van der Waals surface area contributed by atoms with Gasteiger partial charge in [0.25, 0.3) is 0 Å². The molecule has 7 heteroatoms. The van der Waals surface area contributed by atoms with Gasteiger partial charge in [-0.3, -0.25) is 0 Å². The fraction of sp³-hybridized carbons (Fsp3) is 0.467. The number of aromatic nitrogens is 4. The van der Waals surface area contributed by atoms with Crippen molar-refractivity contribution in [2.75, 3.05) is 18.6 Å². The summed E-state index contributed by atoms with van der Waals surface area (Å²) in [4.78, 5) is 6.62. The van der Waals surface area contributed by atoms with Crippen molar-refractivity contribution in [1.29, 1.82) is 5.26 Å². The number of hydrogen-bond acceptors (Lipinski definition) is 6. The Morgan fingerprint density at radius 3 is 2.86 bits per heavy atom. The average Bonchev–Trinajstić information content (AvgIpc) is 3.13. The van der Waals surface area contributed by atoms with Crippen LogP contribution in [0.2, 0.25) is 0 Å². The largest absolute Gasteiger partial charge is 0.380 e. The van der Waals surface area contributed by atoms with Crippen LogP contribution in [0.1, 0.15) is 29.5 Å². The molecule has 0 aromatic carbocycles. The summed E-state index contributed by atoms with van der Waals surface area (Å²) in [7, 11) is 3.64. The van der Waals surface area contributed by atoms with Gasteiger partial charge in [-0.2, -0.15) is 5.26 Å². The van der Waals surface area contributed by atoms with Gasteiger partial charge >= 0.3 is 0 Å². The molecule has 2 aromatic heterocycles. The van der Waals surface area contributed by atoms with Crippen LogP contribution in [0.15, 0.2) is 18.5 Å². The van der Waals surface area contributed by atoms with E-state index in [4.69, 9.17) is 4.74 Å². The third-order valence-corrected chi connectivity index (χ3v) is 4.12. The highest BCUT2D eigenvalue weighted by Crippen LogP contribution is 2.35. The predicted molar refractivity (Wildman–Crippen MR) is 80.2 cm³/mol. The highest BCUT2D eigenvalue weighted by Gasteiger charge is 2.36. The van der Waals surface area contributed by atoms with E-state index in [0.717, 1.165) is 30.2 Å². The highest BCUT2D eigenvalue weighted by atomic mass is 16.5. The summed E-state index contributed by atoms with van der Waals surface area (Å²) in [5.41, 5.74) is 1.33. The molecular formula is C15H18N6O. The quantitative estimate of drug-likeness (QED) is 0.851. The zero-order valence-electron chi connectivity index (χ0n) is 12.9. The smallest absolute Gasteiger partial charge is 0.155 e. The fourth-order valence-electron chi connectivity index (χ4n) is 2.85. The minimum absolute atomic E-state index is 0.0409. The molecule has 114 valence electrons. The van der Waals surface area contributed by atoms with E-state index >= 15 is 0 Å². The van der Waals surface area contributed by atoms with Gasteiger partial charge in [-0.15, -0.1) is 10.2 Å². The van der Waals surface area contributed by atoms with Gasteiger partial charge in [0.2, 0.25) is 0 Å². The first-order chi connectivity index (χ1) is 10.6. The van der Waals surface area contributed by atoms with Crippen LogP contribution in [0, 0.1) is 18.3 Å². The van der Waals surface area contributed by atoms with Crippen LogP contribution >= 0.6 is 0 Å². The molecule has 1 aliphatic heterocycles. The fourth-order valence-corrected chi connectivity index (χ4v) is 2.85. The Bertz CT molecular complexity index is 719. The Labute approximate surface area is 129 Å². The number of hydrogen-bond donors (Lipinski definition) is 0. The van der Waals surface area contributed by atoms with Crippen LogP contribution in [-0.4, -0.2) is 39.5 Å². The molecule has 0 unspecified atom stereocenters. The van der Waals surface area contributed by atoms with Crippen molar-refractivity contribution in [3.63, 3.8) is 0 Å². The minimum Gasteiger partial charge on any atom is -0.380 e. The molecule has 2 atom stereocenters. The molecule has 22 heavy (non-hydrogen) atoms. The monoisotopic (exact) mass is 298 g/mol. The van der Waals surface area contributed by atoms with Gasteiger partial charge in [0.15, 0.2) is 5.82 Å². The second-order valence-electron chi connectivity index (χ2n) is 5.51. The average molecular weight is 298 g/mol. The van der Waals surface area contributed by atoms with Gasteiger partial charge in [0.1, 0.15) is 23.9 Å². The van der Waals surface area contributed by atoms with Crippen molar-refractivity contribution >= 4 is 5.82 Å². The van der Waals surface area contributed by atoms with Crippen molar-refractivity contribution in [3.05, 3.63) is 35.5 Å². The first-order valence-corrected chi connectivity index (χ1v) is 7.15. The van der Waals surface area contributed by atoms with Crippen molar-refractivity contribution in [2.45, 2.75) is 25.5 Å². The van der Waals surface area contributed by atoms with Crippen molar-refractivity contribution in [3.8, 4) is 6.07 Å². The van der Waals surface area contributed by atoms with Gasteiger partial charge < -0.3 is 14.2 Å². The number of aryl methyl sites for hydroxylation is 2. The SMILES string of the molecule is CO[C@@H]1C[C@@H](c2nncn2C)N(c2ccc(C)c(C#N)n2)C1. The molecule has 3 heterocycles. The number of pyridine rings is 1. The standard InChI is InChI=1S/C15H18N6O/c1-10-4-5-14(18-12(10)7-16)21-8-11(22-3)6-13(21)15-19-17-9-20(15)2/h4-5,9,11,13H,6,8H2,1-3H3/t11-,13+/m1/s1. The maximum atomic E-state index is 9.20. The third-order valence-electron chi connectivity index (χ3n) is 4.12. The van der Waals surface area contributed by atoms with Gasteiger partial charge in [-0.25, -0.2) is 4.98 Å². The van der Waals surface area contributed by atoms with Gasteiger partial charge in [0.05, 0.1) is 12.1 Å². The molecule has 0 radical (unpaired) electrons. The van der Waals surface area contributed by atoms with E-state index in [-0.39, 0.29) is 12.1 Å². The lowest BCUT2D eigenvalue weighted by Crippen LogP contribution is -2.27. The molecule has 0 N–H and O–H groups in total. The Morgan fingerprint density at radius 2 is 2.23 bits per heavy atom. The molecule has 0 amide bonds. The van der Waals surface area contributed by atoms with Crippen LogP contribution in [0.5, 0.6) is 0 Å². The predicted octanol–water partition coefficient (Wildman–Crippen LogP) is 1.36. The summed E-state index contributed by atoms with van der Waals surface area (Å²) in [5.74, 6) is 1.65. The van der Waals surface area contributed by atoms with Crippen LogP contribution < -0.4 is 4.90 Å². The van der Waals surface area contributed by atoms with E-state index < -0.39 is 0 Å². The number of nitrogens with zero attached hydrogens (tertiary/aromatic N) is 6. The number of methoxy groups -OCH3 is 1. The summed E-state index contributed by atoms with van der Waals surface area (Å²) in [6.45, 7) is 2.60. The number of anilines is 1. The summed E-state index contributed by atoms with van der Waals surface area (Å²) in [6, 6.07) is 6.05. The maximum Gasteiger partial charge on any atom is 0.155 e. The van der Waals surface area contributed by atoms with Gasteiger partial charge in [-0.1, -0.05) is 6.07 Å². The van der Waals surface area contributed by atoms with E-state index in [9.17, 15) is 5.26 Å². The second kappa shape index (κ2) is 5.73. The highest BCUT2D eigenvalue weighted by molar-refractivity contribution is 5.47. The second-order valence-corrected chi connectivity index (χ2v) is 5.51. The molecule has 0 spiro atoms. The molecular weight excluding hydrogens is 280 g/mol. The number of ether oxygens (including phenoxy) is 1. The number of nitriles is 1. The van der Waals surface area contributed by atoms with Gasteiger partial charge in [-0.05, 0) is 18.6 Å². The van der Waals surface area contributed by atoms with Crippen LogP contribution in [-0.2, 0) is 11.8 Å². The van der Waals surface area contributed by atoms with Crippen molar-refractivity contribution in [1.82, 2.24) is 19.7 Å². The van der Waals surface area contributed by atoms with E-state index in [0.29, 0.717) is 5.69 Å². The van der Waals surface area contributed by atoms with Crippen LogP contribution in [0.25, 0.3) is 0 Å². The zero-order chi connectivity index (χ0) is 15.7. The Balaban J connectivity index is 2.00. The van der Waals surface area contributed by atoms with Crippen molar-refractivity contribution < 1.29 is 4.74 Å². The lowest BCUT2D eigenvalue weighted by molar-refractivity contribution is 0.118. The summed E-state index contributed by atoms with van der Waals surface area (Å²) < 4.78 is 7.43. The van der Waals surface area contributed by atoms with E-state index in [1.165, 1.54) is 0 Å². The Morgan fingerprint density at radius 1 is 1.41 bits per heavy atom. The molecule has 0 bridgehead atoms. The zero-order valence-corrected chi connectivity index (χ0v) is 12.9. The van der Waals surface area contributed by atoms with E-state index in [1.807, 2.05) is 30.7 Å². The topological polar surface area (TPSA) is 79.9 Å². The normalized spacial score (nSPS) is 21.1. The first-order valence-electron chi connectivity index (χ1n) is 7.15. The van der Waals surface area contributed by atoms with Crippen LogP contribution in [0.3, 0.4) is 0 Å². The lowest BCUT2D eigenvalue weighted by Gasteiger charge is -2.24. The first kappa shape index (κ1) is 14.5. The lowest BCUT2D eigenvalue weighted by atomic mass is 10.2. The molecule has 2 aromatic rings.